The Balaban J connectivity index is 2.23. The van der Waals surface area contributed by atoms with E-state index in [0.29, 0.717) is 13.0 Å². The SMILES string of the molecule is C#CC1CC(=O)N(C2=C(C#N)CCC2)C1. The third-order valence-corrected chi connectivity index (χ3v) is 3.01. The number of allylic oxidation sites excluding steroid dienone is 2. The summed E-state index contributed by atoms with van der Waals surface area (Å²) in [7, 11) is 0. The molecule has 1 fully saturated rings. The Bertz CT molecular complexity index is 408. The minimum absolute atomic E-state index is 0.0190. The molecule has 0 N–H and O–H groups in total. The Morgan fingerprint density at radius 3 is 2.87 bits per heavy atom. The van der Waals surface area contributed by atoms with Gasteiger partial charge in [0, 0.05) is 30.2 Å². The number of carbonyl (C=O) groups is 1. The Labute approximate surface area is 89.4 Å². The van der Waals surface area contributed by atoms with Crippen molar-refractivity contribution in [1.29, 1.82) is 5.26 Å². The first-order valence-corrected chi connectivity index (χ1v) is 5.15. The Kier molecular flexibility index (Phi) is 2.47. The molecule has 1 atom stereocenters. The van der Waals surface area contributed by atoms with Gasteiger partial charge in [-0.2, -0.15) is 5.26 Å². The molecule has 0 radical (unpaired) electrons. The van der Waals surface area contributed by atoms with E-state index in [1.165, 1.54) is 0 Å². The van der Waals surface area contributed by atoms with Crippen LogP contribution in [0.2, 0.25) is 0 Å². The second kappa shape index (κ2) is 3.79. The lowest BCUT2D eigenvalue weighted by Crippen LogP contribution is -2.24. The minimum atomic E-state index is 0.0190. The van der Waals surface area contributed by atoms with E-state index in [-0.39, 0.29) is 11.8 Å². The molecule has 0 aromatic rings. The van der Waals surface area contributed by atoms with Crippen molar-refractivity contribution < 1.29 is 4.79 Å². The molecule has 0 bridgehead atoms. The van der Waals surface area contributed by atoms with Crippen molar-refractivity contribution in [3.63, 3.8) is 0 Å². The van der Waals surface area contributed by atoms with Gasteiger partial charge in [0.2, 0.25) is 5.91 Å². The summed E-state index contributed by atoms with van der Waals surface area (Å²) in [6, 6.07) is 2.18. The Morgan fingerprint density at radius 2 is 2.27 bits per heavy atom. The first-order chi connectivity index (χ1) is 7.26. The normalized spacial score (nSPS) is 25.6. The fraction of sp³-hybridized carbons (Fsp3) is 0.500. The molecule has 1 unspecified atom stereocenters. The molecule has 15 heavy (non-hydrogen) atoms. The van der Waals surface area contributed by atoms with Crippen molar-refractivity contribution in [3.05, 3.63) is 11.3 Å². The maximum atomic E-state index is 11.7. The van der Waals surface area contributed by atoms with Crippen LogP contribution in [0, 0.1) is 29.6 Å². The number of amides is 1. The van der Waals surface area contributed by atoms with E-state index >= 15 is 0 Å². The van der Waals surface area contributed by atoms with Gasteiger partial charge >= 0.3 is 0 Å². The molecule has 0 aromatic carbocycles. The highest BCUT2D eigenvalue weighted by Crippen LogP contribution is 2.32. The summed E-state index contributed by atoms with van der Waals surface area (Å²) in [5, 5.41) is 8.92. The molecule has 2 aliphatic rings. The van der Waals surface area contributed by atoms with Crippen molar-refractivity contribution >= 4 is 5.91 Å². The molecule has 0 aromatic heterocycles. The maximum Gasteiger partial charge on any atom is 0.228 e. The van der Waals surface area contributed by atoms with Crippen LogP contribution in [0.4, 0.5) is 0 Å². The van der Waals surface area contributed by atoms with Crippen LogP contribution in [0.25, 0.3) is 0 Å². The maximum absolute atomic E-state index is 11.7. The molecular weight excluding hydrogens is 188 g/mol. The van der Waals surface area contributed by atoms with Crippen LogP contribution in [-0.4, -0.2) is 17.4 Å². The van der Waals surface area contributed by atoms with Crippen molar-refractivity contribution in [2.24, 2.45) is 5.92 Å². The van der Waals surface area contributed by atoms with Gasteiger partial charge in [-0.15, -0.1) is 12.3 Å². The zero-order valence-electron chi connectivity index (χ0n) is 8.49. The molecule has 1 amide bonds. The molecular formula is C12H12N2O. The van der Waals surface area contributed by atoms with Gasteiger partial charge in [0.1, 0.15) is 0 Å². The average Bonchev–Trinajstić information content (AvgIpc) is 2.82. The smallest absolute Gasteiger partial charge is 0.228 e. The lowest BCUT2D eigenvalue weighted by atomic mass is 10.1. The van der Waals surface area contributed by atoms with Crippen LogP contribution in [0.5, 0.6) is 0 Å². The lowest BCUT2D eigenvalue weighted by molar-refractivity contribution is -0.126. The predicted octanol–water partition coefficient (Wildman–Crippen LogP) is 1.43. The van der Waals surface area contributed by atoms with Gasteiger partial charge in [0.15, 0.2) is 0 Å². The predicted molar refractivity (Wildman–Crippen MR) is 55.1 cm³/mol. The number of hydrogen-bond acceptors (Lipinski definition) is 2. The highest BCUT2D eigenvalue weighted by Gasteiger charge is 2.33. The van der Waals surface area contributed by atoms with Crippen LogP contribution in [-0.2, 0) is 4.79 Å². The molecule has 0 saturated carbocycles. The third-order valence-electron chi connectivity index (χ3n) is 3.01. The van der Waals surface area contributed by atoms with E-state index in [1.54, 1.807) is 4.90 Å². The molecule has 3 heteroatoms. The number of nitrogens with zero attached hydrogens (tertiary/aromatic N) is 2. The van der Waals surface area contributed by atoms with Crippen molar-refractivity contribution in [1.82, 2.24) is 4.90 Å². The summed E-state index contributed by atoms with van der Waals surface area (Å²) in [5.41, 5.74) is 1.68. The minimum Gasteiger partial charge on any atom is -0.314 e. The highest BCUT2D eigenvalue weighted by molar-refractivity contribution is 5.81. The van der Waals surface area contributed by atoms with Crippen molar-refractivity contribution in [2.45, 2.75) is 25.7 Å². The van der Waals surface area contributed by atoms with Crippen LogP contribution in [0.15, 0.2) is 11.3 Å². The summed E-state index contributed by atoms with van der Waals surface area (Å²) in [5.74, 6) is 2.70. The molecule has 2 rings (SSSR count). The third kappa shape index (κ3) is 1.62. The van der Waals surface area contributed by atoms with Gasteiger partial charge in [-0.1, -0.05) is 0 Å². The fourth-order valence-electron chi connectivity index (χ4n) is 2.23. The van der Waals surface area contributed by atoms with Crippen LogP contribution in [0.1, 0.15) is 25.7 Å². The first-order valence-electron chi connectivity index (χ1n) is 5.15. The van der Waals surface area contributed by atoms with Crippen LogP contribution < -0.4 is 0 Å². The molecule has 3 nitrogen and oxygen atoms in total. The second-order valence-corrected chi connectivity index (χ2v) is 3.96. The van der Waals surface area contributed by atoms with Crippen LogP contribution >= 0.6 is 0 Å². The zero-order chi connectivity index (χ0) is 10.8. The van der Waals surface area contributed by atoms with Gasteiger partial charge in [-0.25, -0.2) is 0 Å². The monoisotopic (exact) mass is 200 g/mol. The van der Waals surface area contributed by atoms with E-state index in [9.17, 15) is 4.79 Å². The molecule has 76 valence electrons. The fourth-order valence-corrected chi connectivity index (χ4v) is 2.23. The number of likely N-dealkylation sites (tertiary alicyclic amines) is 1. The first kappa shape index (κ1) is 9.80. The van der Waals surface area contributed by atoms with E-state index in [2.05, 4.69) is 12.0 Å². The van der Waals surface area contributed by atoms with Gasteiger partial charge < -0.3 is 4.90 Å². The average molecular weight is 200 g/mol. The van der Waals surface area contributed by atoms with Gasteiger partial charge in [0.25, 0.3) is 0 Å². The van der Waals surface area contributed by atoms with Gasteiger partial charge in [-0.3, -0.25) is 4.79 Å². The van der Waals surface area contributed by atoms with Crippen LogP contribution in [0.3, 0.4) is 0 Å². The number of hydrogen-bond donors (Lipinski definition) is 0. The van der Waals surface area contributed by atoms with Crippen molar-refractivity contribution in [3.8, 4) is 18.4 Å². The summed E-state index contributed by atoms with van der Waals surface area (Å²) >= 11 is 0. The van der Waals surface area contributed by atoms with E-state index < -0.39 is 0 Å². The molecule has 1 saturated heterocycles. The summed E-state index contributed by atoms with van der Waals surface area (Å²) in [4.78, 5) is 13.4. The highest BCUT2D eigenvalue weighted by atomic mass is 16.2. The molecule has 1 aliphatic carbocycles. The number of rotatable bonds is 1. The standard InChI is InChI=1S/C12H12N2O/c1-2-9-6-12(15)14(8-9)11-5-3-4-10(11)7-13/h1,9H,3-6,8H2. The second-order valence-electron chi connectivity index (χ2n) is 3.96. The van der Waals surface area contributed by atoms with E-state index in [1.807, 2.05) is 0 Å². The largest absolute Gasteiger partial charge is 0.314 e. The lowest BCUT2D eigenvalue weighted by Gasteiger charge is -2.17. The quantitative estimate of drug-likeness (QED) is 0.601. The topological polar surface area (TPSA) is 44.1 Å². The Morgan fingerprint density at radius 1 is 1.47 bits per heavy atom. The summed E-state index contributed by atoms with van der Waals surface area (Å²) in [6.07, 6.45) is 8.36. The zero-order valence-corrected chi connectivity index (χ0v) is 8.49. The van der Waals surface area contributed by atoms with E-state index in [4.69, 9.17) is 11.7 Å². The molecule has 1 heterocycles. The number of terminal acetylenes is 1. The van der Waals surface area contributed by atoms with Crippen molar-refractivity contribution in [2.75, 3.05) is 6.54 Å². The molecule has 1 aliphatic heterocycles. The number of carbonyl (C=O) groups excluding carboxylic acids is 1. The summed E-state index contributed by atoms with van der Waals surface area (Å²) in [6.45, 7) is 0.593. The molecule has 0 spiro atoms. The summed E-state index contributed by atoms with van der Waals surface area (Å²) < 4.78 is 0. The van der Waals surface area contributed by atoms with Gasteiger partial charge in [-0.05, 0) is 19.3 Å². The van der Waals surface area contributed by atoms with E-state index in [0.717, 1.165) is 30.5 Å². The number of nitriles is 1. The Hall–Kier alpha value is -1.74. The van der Waals surface area contributed by atoms with Gasteiger partial charge in [0.05, 0.1) is 6.07 Å².